The summed E-state index contributed by atoms with van der Waals surface area (Å²) < 4.78 is 16.9. The molecule has 2 aromatic rings. The predicted octanol–water partition coefficient (Wildman–Crippen LogP) is 3.60. The van der Waals surface area contributed by atoms with Gasteiger partial charge < -0.3 is 25.4 Å². The van der Waals surface area contributed by atoms with Gasteiger partial charge >= 0.3 is 0 Å². The van der Waals surface area contributed by atoms with Crippen LogP contribution < -0.4 is 15.2 Å². The van der Waals surface area contributed by atoms with Crippen molar-refractivity contribution in [3.05, 3.63) is 60.2 Å². The minimum absolute atomic E-state index is 0.142. The van der Waals surface area contributed by atoms with Crippen molar-refractivity contribution in [2.24, 2.45) is 5.73 Å². The number of hydrogen-bond donors (Lipinski definition) is 2. The van der Waals surface area contributed by atoms with Crippen LogP contribution in [0, 0.1) is 5.41 Å². The fourth-order valence-corrected chi connectivity index (χ4v) is 2.42. The summed E-state index contributed by atoms with van der Waals surface area (Å²) in [4.78, 5) is 0. The quantitative estimate of drug-likeness (QED) is 0.796. The summed E-state index contributed by atoms with van der Waals surface area (Å²) in [5.74, 6) is 2.28. The second kappa shape index (κ2) is 7.66. The van der Waals surface area contributed by atoms with Gasteiger partial charge in [-0.1, -0.05) is 0 Å². The van der Waals surface area contributed by atoms with E-state index >= 15 is 0 Å². The smallest absolute Gasteiger partial charge is 0.127 e. The lowest BCUT2D eigenvalue weighted by atomic mass is 10.1. The first-order valence-corrected chi connectivity index (χ1v) is 7.83. The van der Waals surface area contributed by atoms with Crippen LogP contribution in [0.4, 0.5) is 0 Å². The molecular formula is C19H20N2O3. The SMILES string of the molecule is N=C/C=C(\N)c1ccc(Oc2ccc(O[C@H]3CCOC3)cc2)cc1. The highest BCUT2D eigenvalue weighted by atomic mass is 16.5. The molecule has 0 amide bonds. The normalized spacial score (nSPS) is 17.5. The number of benzene rings is 2. The van der Waals surface area contributed by atoms with Crippen LogP contribution in [-0.4, -0.2) is 25.5 Å². The molecule has 0 unspecified atom stereocenters. The maximum Gasteiger partial charge on any atom is 0.127 e. The first-order valence-electron chi connectivity index (χ1n) is 7.83. The van der Waals surface area contributed by atoms with Crippen LogP contribution in [0.25, 0.3) is 5.70 Å². The van der Waals surface area contributed by atoms with Crippen LogP contribution in [0.3, 0.4) is 0 Å². The standard InChI is InChI=1S/C19H20N2O3/c20-11-9-19(21)14-1-3-15(4-2-14)23-16-5-7-17(8-6-16)24-18-10-12-22-13-18/h1-9,11,18,20H,10,12-13,21H2/b19-9-,20-11?/t18-/m0/s1. The number of allylic oxidation sites excluding steroid dienone is 1. The molecule has 1 saturated heterocycles. The third kappa shape index (κ3) is 4.14. The van der Waals surface area contributed by atoms with E-state index in [1.807, 2.05) is 48.5 Å². The molecule has 5 nitrogen and oxygen atoms in total. The van der Waals surface area contributed by atoms with Gasteiger partial charge in [-0.2, -0.15) is 0 Å². The van der Waals surface area contributed by atoms with Crippen molar-refractivity contribution in [3.63, 3.8) is 0 Å². The lowest BCUT2D eigenvalue weighted by molar-refractivity contribution is 0.141. The summed E-state index contributed by atoms with van der Waals surface area (Å²) in [5.41, 5.74) is 7.24. The molecular weight excluding hydrogens is 304 g/mol. The Morgan fingerprint density at radius 2 is 1.67 bits per heavy atom. The lowest BCUT2D eigenvalue weighted by Gasteiger charge is -2.12. The molecule has 2 aromatic carbocycles. The zero-order valence-corrected chi connectivity index (χ0v) is 13.3. The Morgan fingerprint density at radius 3 is 2.25 bits per heavy atom. The van der Waals surface area contributed by atoms with E-state index in [-0.39, 0.29) is 6.10 Å². The molecule has 1 fully saturated rings. The molecule has 3 rings (SSSR count). The van der Waals surface area contributed by atoms with Gasteiger partial charge in [-0.3, -0.25) is 0 Å². The Balaban J connectivity index is 1.61. The highest BCUT2D eigenvalue weighted by molar-refractivity contribution is 5.81. The van der Waals surface area contributed by atoms with E-state index in [4.69, 9.17) is 25.4 Å². The Kier molecular flexibility index (Phi) is 5.13. The maximum atomic E-state index is 7.04. The molecule has 0 aromatic heterocycles. The maximum absolute atomic E-state index is 7.04. The summed E-state index contributed by atoms with van der Waals surface area (Å²) in [7, 11) is 0. The first-order chi connectivity index (χ1) is 11.7. The average Bonchev–Trinajstić information content (AvgIpc) is 3.10. The van der Waals surface area contributed by atoms with Gasteiger partial charge in [0.15, 0.2) is 0 Å². The van der Waals surface area contributed by atoms with E-state index in [0.29, 0.717) is 12.3 Å². The van der Waals surface area contributed by atoms with Crippen LogP contribution in [0.5, 0.6) is 17.2 Å². The van der Waals surface area contributed by atoms with E-state index in [0.717, 1.165) is 35.8 Å². The van der Waals surface area contributed by atoms with E-state index < -0.39 is 0 Å². The van der Waals surface area contributed by atoms with Gasteiger partial charge in [-0.05, 0) is 60.2 Å². The van der Waals surface area contributed by atoms with E-state index in [2.05, 4.69) is 0 Å². The second-order valence-electron chi connectivity index (χ2n) is 5.49. The summed E-state index contributed by atoms with van der Waals surface area (Å²) >= 11 is 0. The third-order valence-corrected chi connectivity index (χ3v) is 3.70. The number of ether oxygens (including phenoxy) is 3. The summed E-state index contributed by atoms with van der Waals surface area (Å²) in [5, 5.41) is 7.04. The first kappa shape index (κ1) is 16.1. The highest BCUT2D eigenvalue weighted by Crippen LogP contribution is 2.26. The molecule has 0 radical (unpaired) electrons. The molecule has 1 heterocycles. The van der Waals surface area contributed by atoms with Crippen molar-refractivity contribution in [2.45, 2.75) is 12.5 Å². The lowest BCUT2D eigenvalue weighted by Crippen LogP contribution is -2.15. The van der Waals surface area contributed by atoms with E-state index in [1.54, 1.807) is 6.08 Å². The van der Waals surface area contributed by atoms with Gasteiger partial charge in [0.25, 0.3) is 0 Å². The van der Waals surface area contributed by atoms with Crippen molar-refractivity contribution >= 4 is 11.9 Å². The Labute approximate surface area is 141 Å². The summed E-state index contributed by atoms with van der Waals surface area (Å²) in [6.45, 7) is 1.42. The molecule has 5 heteroatoms. The van der Waals surface area contributed by atoms with Gasteiger partial charge in [-0.25, -0.2) is 0 Å². The molecule has 0 aliphatic carbocycles. The van der Waals surface area contributed by atoms with Crippen LogP contribution in [0.1, 0.15) is 12.0 Å². The molecule has 1 aliphatic heterocycles. The highest BCUT2D eigenvalue weighted by Gasteiger charge is 2.16. The average molecular weight is 324 g/mol. The van der Waals surface area contributed by atoms with Crippen LogP contribution in [-0.2, 0) is 4.74 Å². The monoisotopic (exact) mass is 324 g/mol. The molecule has 1 atom stereocenters. The number of rotatable bonds is 6. The topological polar surface area (TPSA) is 77.6 Å². The van der Waals surface area contributed by atoms with Crippen molar-refractivity contribution in [2.75, 3.05) is 13.2 Å². The summed E-state index contributed by atoms with van der Waals surface area (Å²) in [6, 6.07) is 15.0. The summed E-state index contributed by atoms with van der Waals surface area (Å²) in [6.07, 6.45) is 3.79. The van der Waals surface area contributed by atoms with Gasteiger partial charge in [0.2, 0.25) is 0 Å². The minimum atomic E-state index is 0.142. The van der Waals surface area contributed by atoms with E-state index in [9.17, 15) is 0 Å². The van der Waals surface area contributed by atoms with Gasteiger partial charge in [0.05, 0.1) is 13.2 Å². The number of nitrogens with one attached hydrogen (secondary N) is 1. The Bertz CT molecular complexity index is 702. The Morgan fingerprint density at radius 1 is 1.04 bits per heavy atom. The van der Waals surface area contributed by atoms with Gasteiger partial charge in [0, 0.05) is 18.3 Å². The van der Waals surface area contributed by atoms with Crippen molar-refractivity contribution < 1.29 is 14.2 Å². The van der Waals surface area contributed by atoms with Crippen molar-refractivity contribution in [1.29, 1.82) is 5.41 Å². The fourth-order valence-electron chi connectivity index (χ4n) is 2.42. The molecule has 0 spiro atoms. The van der Waals surface area contributed by atoms with Crippen LogP contribution >= 0.6 is 0 Å². The predicted molar refractivity (Wildman–Crippen MR) is 93.8 cm³/mol. The largest absolute Gasteiger partial charge is 0.488 e. The Hall–Kier alpha value is -2.79. The third-order valence-electron chi connectivity index (χ3n) is 3.70. The van der Waals surface area contributed by atoms with Crippen molar-refractivity contribution in [3.8, 4) is 17.2 Å². The van der Waals surface area contributed by atoms with Crippen molar-refractivity contribution in [1.82, 2.24) is 0 Å². The molecule has 0 saturated carbocycles. The second-order valence-corrected chi connectivity index (χ2v) is 5.49. The molecule has 1 aliphatic rings. The molecule has 3 N–H and O–H groups in total. The molecule has 124 valence electrons. The van der Waals surface area contributed by atoms with E-state index in [1.165, 1.54) is 6.21 Å². The van der Waals surface area contributed by atoms with Gasteiger partial charge in [0.1, 0.15) is 23.4 Å². The zero-order valence-electron chi connectivity index (χ0n) is 13.3. The number of hydrogen-bond acceptors (Lipinski definition) is 5. The molecule has 0 bridgehead atoms. The molecule has 24 heavy (non-hydrogen) atoms. The minimum Gasteiger partial charge on any atom is -0.488 e. The van der Waals surface area contributed by atoms with Gasteiger partial charge in [-0.15, -0.1) is 0 Å². The fraction of sp³-hybridized carbons (Fsp3) is 0.211. The number of nitrogens with two attached hydrogens (primary N) is 1. The zero-order chi connectivity index (χ0) is 16.8. The van der Waals surface area contributed by atoms with Crippen LogP contribution in [0.2, 0.25) is 0 Å². The van der Waals surface area contributed by atoms with Crippen LogP contribution in [0.15, 0.2) is 54.6 Å².